The number of carbonyl (C=O) groups is 1. The van der Waals surface area contributed by atoms with Crippen molar-refractivity contribution in [1.82, 2.24) is 5.43 Å². The quantitative estimate of drug-likeness (QED) is 0.626. The first-order valence-corrected chi connectivity index (χ1v) is 7.01. The van der Waals surface area contributed by atoms with E-state index in [9.17, 15) is 9.90 Å². The number of hydrogen-bond donors (Lipinski definition) is 2. The molecule has 1 amide bonds. The summed E-state index contributed by atoms with van der Waals surface area (Å²) in [5, 5.41) is 13.6. The molecule has 0 unspecified atom stereocenters. The summed E-state index contributed by atoms with van der Waals surface area (Å²) in [6, 6.07) is 9.52. The minimum absolute atomic E-state index is 0.0239. The van der Waals surface area contributed by atoms with E-state index in [1.165, 1.54) is 33.6 Å². The number of ether oxygens (including phenoxy) is 3. The predicted molar refractivity (Wildman–Crippen MR) is 89.3 cm³/mol. The highest BCUT2D eigenvalue weighted by atomic mass is 16.5. The van der Waals surface area contributed by atoms with E-state index in [4.69, 9.17) is 14.2 Å². The van der Waals surface area contributed by atoms with Gasteiger partial charge in [-0.2, -0.15) is 5.10 Å². The van der Waals surface area contributed by atoms with Crippen LogP contribution in [0.5, 0.6) is 23.0 Å². The van der Waals surface area contributed by atoms with Gasteiger partial charge in [0.2, 0.25) is 0 Å². The Morgan fingerprint density at radius 1 is 1.04 bits per heavy atom. The highest BCUT2D eigenvalue weighted by Crippen LogP contribution is 2.24. The molecule has 126 valence electrons. The Morgan fingerprint density at radius 2 is 1.71 bits per heavy atom. The molecule has 0 aromatic heterocycles. The van der Waals surface area contributed by atoms with Crippen LogP contribution in [0.1, 0.15) is 15.9 Å². The first-order valence-electron chi connectivity index (χ1n) is 7.01. The van der Waals surface area contributed by atoms with Gasteiger partial charge in [0.15, 0.2) is 0 Å². The molecule has 2 N–H and O–H groups in total. The van der Waals surface area contributed by atoms with Crippen molar-refractivity contribution in [2.45, 2.75) is 0 Å². The van der Waals surface area contributed by atoms with E-state index in [1.807, 2.05) is 0 Å². The van der Waals surface area contributed by atoms with Crippen molar-refractivity contribution < 1.29 is 24.1 Å². The molecule has 0 radical (unpaired) electrons. The van der Waals surface area contributed by atoms with Gasteiger partial charge in [0.05, 0.1) is 33.1 Å². The minimum Gasteiger partial charge on any atom is -0.507 e. The van der Waals surface area contributed by atoms with Gasteiger partial charge in [-0.25, -0.2) is 5.43 Å². The second kappa shape index (κ2) is 7.87. The highest BCUT2D eigenvalue weighted by molar-refractivity contribution is 5.97. The molecule has 2 aromatic rings. The number of hydrogen-bond acceptors (Lipinski definition) is 6. The molecular formula is C17H18N2O5. The molecule has 0 atom stereocenters. The van der Waals surface area contributed by atoms with Crippen molar-refractivity contribution in [2.24, 2.45) is 5.10 Å². The van der Waals surface area contributed by atoms with Crippen molar-refractivity contribution in [3.05, 3.63) is 47.5 Å². The van der Waals surface area contributed by atoms with E-state index < -0.39 is 5.91 Å². The summed E-state index contributed by atoms with van der Waals surface area (Å²) in [5.41, 5.74) is 3.11. The average Bonchev–Trinajstić information content (AvgIpc) is 2.62. The van der Waals surface area contributed by atoms with Gasteiger partial charge in [0.1, 0.15) is 23.0 Å². The van der Waals surface area contributed by atoms with E-state index in [1.54, 1.807) is 30.3 Å². The zero-order valence-corrected chi connectivity index (χ0v) is 13.6. The summed E-state index contributed by atoms with van der Waals surface area (Å²) < 4.78 is 15.3. The number of aromatic hydroxyl groups is 1. The van der Waals surface area contributed by atoms with Gasteiger partial charge in [-0.3, -0.25) is 4.79 Å². The summed E-state index contributed by atoms with van der Waals surface area (Å²) in [6.07, 6.45) is 1.33. The van der Waals surface area contributed by atoms with Crippen LogP contribution in [0.3, 0.4) is 0 Å². The van der Waals surface area contributed by atoms with Gasteiger partial charge < -0.3 is 19.3 Å². The highest BCUT2D eigenvalue weighted by Gasteiger charge is 2.12. The number of hydrazone groups is 1. The largest absolute Gasteiger partial charge is 0.507 e. The molecule has 0 saturated heterocycles. The summed E-state index contributed by atoms with van der Waals surface area (Å²) >= 11 is 0. The maximum absolute atomic E-state index is 12.2. The van der Waals surface area contributed by atoms with Crippen LogP contribution in [0.2, 0.25) is 0 Å². The van der Waals surface area contributed by atoms with Gasteiger partial charge in [0.25, 0.3) is 5.91 Å². The summed E-state index contributed by atoms with van der Waals surface area (Å²) in [5.74, 6) is 1.08. The maximum atomic E-state index is 12.2. The smallest absolute Gasteiger partial charge is 0.275 e. The molecule has 0 fully saturated rings. The molecule has 0 spiro atoms. The van der Waals surface area contributed by atoms with E-state index in [2.05, 4.69) is 10.5 Å². The third kappa shape index (κ3) is 3.95. The molecule has 0 aliphatic rings. The van der Waals surface area contributed by atoms with E-state index >= 15 is 0 Å². The molecule has 0 aliphatic heterocycles. The third-order valence-corrected chi connectivity index (χ3v) is 3.26. The summed E-state index contributed by atoms with van der Waals surface area (Å²) in [7, 11) is 4.51. The number of amides is 1. The van der Waals surface area contributed by atoms with Crippen LogP contribution in [0.15, 0.2) is 41.5 Å². The van der Waals surface area contributed by atoms with Crippen LogP contribution in [0.25, 0.3) is 0 Å². The van der Waals surface area contributed by atoms with Crippen LogP contribution < -0.4 is 19.6 Å². The SMILES string of the molecule is COc1ccc(O)c(/C=N/NC(=O)c2ccc(OC)cc2OC)c1. The fraction of sp³-hybridized carbons (Fsp3) is 0.176. The normalized spacial score (nSPS) is 10.5. The molecule has 7 heteroatoms. The molecule has 0 heterocycles. The van der Waals surface area contributed by atoms with Crippen molar-refractivity contribution >= 4 is 12.1 Å². The monoisotopic (exact) mass is 330 g/mol. The fourth-order valence-corrected chi connectivity index (χ4v) is 1.97. The number of rotatable bonds is 6. The number of benzene rings is 2. The number of phenolic OH excluding ortho intramolecular Hbond substituents is 1. The van der Waals surface area contributed by atoms with Crippen molar-refractivity contribution in [2.75, 3.05) is 21.3 Å². The van der Waals surface area contributed by atoms with Crippen LogP contribution in [-0.2, 0) is 0 Å². The lowest BCUT2D eigenvalue weighted by Crippen LogP contribution is -2.18. The Kier molecular flexibility index (Phi) is 5.62. The van der Waals surface area contributed by atoms with Crippen LogP contribution in [0.4, 0.5) is 0 Å². The average molecular weight is 330 g/mol. The van der Waals surface area contributed by atoms with Gasteiger partial charge >= 0.3 is 0 Å². The predicted octanol–water partition coefficient (Wildman–Crippen LogP) is 2.18. The zero-order valence-electron chi connectivity index (χ0n) is 13.6. The van der Waals surface area contributed by atoms with E-state index in [0.717, 1.165) is 0 Å². The van der Waals surface area contributed by atoms with Gasteiger partial charge in [-0.15, -0.1) is 0 Å². The lowest BCUT2D eigenvalue weighted by Gasteiger charge is -2.09. The van der Waals surface area contributed by atoms with Crippen molar-refractivity contribution in [1.29, 1.82) is 0 Å². The minimum atomic E-state index is -0.451. The molecule has 2 aromatic carbocycles. The lowest BCUT2D eigenvalue weighted by molar-refractivity contribution is 0.0952. The third-order valence-electron chi connectivity index (χ3n) is 3.26. The van der Waals surface area contributed by atoms with Gasteiger partial charge in [0, 0.05) is 11.6 Å². The first kappa shape index (κ1) is 17.1. The lowest BCUT2D eigenvalue weighted by atomic mass is 10.2. The Hall–Kier alpha value is -3.22. The van der Waals surface area contributed by atoms with E-state index in [-0.39, 0.29) is 5.75 Å². The number of methoxy groups -OCH3 is 3. The zero-order chi connectivity index (χ0) is 17.5. The number of phenols is 1. The molecular weight excluding hydrogens is 312 g/mol. The second-order valence-electron chi connectivity index (χ2n) is 4.69. The topological polar surface area (TPSA) is 89.4 Å². The summed E-state index contributed by atoms with van der Waals surface area (Å²) in [4.78, 5) is 12.2. The van der Waals surface area contributed by atoms with Gasteiger partial charge in [-0.05, 0) is 30.3 Å². The number of nitrogens with zero attached hydrogens (tertiary/aromatic N) is 1. The van der Waals surface area contributed by atoms with Crippen LogP contribution >= 0.6 is 0 Å². The van der Waals surface area contributed by atoms with Crippen molar-refractivity contribution in [3.63, 3.8) is 0 Å². The van der Waals surface area contributed by atoms with Gasteiger partial charge in [-0.1, -0.05) is 0 Å². The van der Waals surface area contributed by atoms with E-state index in [0.29, 0.717) is 28.4 Å². The second-order valence-corrected chi connectivity index (χ2v) is 4.69. The van der Waals surface area contributed by atoms with Crippen LogP contribution in [0, 0.1) is 0 Å². The first-order chi connectivity index (χ1) is 11.6. The Balaban J connectivity index is 2.13. The molecule has 2 rings (SSSR count). The molecule has 7 nitrogen and oxygen atoms in total. The van der Waals surface area contributed by atoms with Crippen LogP contribution in [-0.4, -0.2) is 38.6 Å². The fourth-order valence-electron chi connectivity index (χ4n) is 1.97. The summed E-state index contributed by atoms with van der Waals surface area (Å²) in [6.45, 7) is 0. The molecule has 0 saturated carbocycles. The number of nitrogens with one attached hydrogen (secondary N) is 1. The Bertz CT molecular complexity index is 759. The number of carbonyl (C=O) groups excluding carboxylic acids is 1. The standard InChI is InChI=1S/C17H18N2O5/c1-22-12-5-7-15(20)11(8-12)10-18-19-17(21)14-6-4-13(23-2)9-16(14)24-3/h4-10,20H,1-3H3,(H,19,21)/b18-10+. The maximum Gasteiger partial charge on any atom is 0.275 e. The molecule has 0 bridgehead atoms. The Morgan fingerprint density at radius 3 is 2.38 bits per heavy atom. The Labute approximate surface area is 139 Å². The molecule has 0 aliphatic carbocycles. The van der Waals surface area contributed by atoms with Crippen molar-refractivity contribution in [3.8, 4) is 23.0 Å². The molecule has 24 heavy (non-hydrogen) atoms.